The molecule has 3 atom stereocenters. The van der Waals surface area contributed by atoms with Crippen molar-refractivity contribution < 1.29 is 48.1 Å². The van der Waals surface area contributed by atoms with E-state index in [1.54, 1.807) is 0 Å². The molecule has 0 amide bonds. The van der Waals surface area contributed by atoms with Crippen LogP contribution in [0.15, 0.2) is 65.3 Å². The summed E-state index contributed by atoms with van der Waals surface area (Å²) in [7, 11) is -9.58. The molecule has 14 nitrogen and oxygen atoms in total. The number of hydrogen-bond acceptors (Lipinski definition) is 10. The van der Waals surface area contributed by atoms with Crippen LogP contribution in [0.25, 0.3) is 16.7 Å². The molecule has 198 valence electrons. The van der Waals surface area contributed by atoms with Gasteiger partial charge in [-0.05, 0) is 28.5 Å². The van der Waals surface area contributed by atoms with E-state index in [-0.39, 0.29) is 12.4 Å². The summed E-state index contributed by atoms with van der Waals surface area (Å²) in [5.74, 6) is -2.65. The van der Waals surface area contributed by atoms with Crippen molar-refractivity contribution >= 4 is 37.7 Å². The second-order valence-corrected chi connectivity index (χ2v) is 12.1. The van der Waals surface area contributed by atoms with E-state index in [4.69, 9.17) is 19.4 Å². The number of benzene rings is 2. The van der Waals surface area contributed by atoms with Crippen molar-refractivity contribution in [1.29, 1.82) is 0 Å². The number of ether oxygens (including phenoxy) is 1. The zero-order valence-corrected chi connectivity index (χ0v) is 20.7. The molecule has 2 heterocycles. The second kappa shape index (κ2) is 10.7. The maximum absolute atomic E-state index is 12.5. The summed E-state index contributed by atoms with van der Waals surface area (Å²) < 4.78 is 33.4. The number of aliphatic hydroxyl groups excluding tert-OH is 2. The lowest BCUT2D eigenvalue weighted by Crippen LogP contribution is -2.29. The maximum Gasteiger partial charge on any atom is 0.356 e. The van der Waals surface area contributed by atoms with Gasteiger partial charge < -0.3 is 34.2 Å². The van der Waals surface area contributed by atoms with Gasteiger partial charge >= 0.3 is 20.9 Å². The van der Waals surface area contributed by atoms with E-state index in [0.29, 0.717) is 0 Å². The summed E-state index contributed by atoms with van der Waals surface area (Å²) in [4.78, 5) is 48.9. The minimum atomic E-state index is -4.85. The zero-order chi connectivity index (χ0) is 26.8. The maximum atomic E-state index is 12.5. The van der Waals surface area contributed by atoms with E-state index in [1.807, 2.05) is 42.5 Å². The Hall–Kier alpha value is -3.06. The molecule has 0 aliphatic carbocycles. The Morgan fingerprint density at radius 2 is 1.81 bits per heavy atom. The van der Waals surface area contributed by atoms with Gasteiger partial charge in [0.15, 0.2) is 29.7 Å². The summed E-state index contributed by atoms with van der Waals surface area (Å²) in [6, 6.07) is 15.0. The van der Waals surface area contributed by atoms with Crippen LogP contribution < -0.4 is 11.2 Å². The third-order valence-electron chi connectivity index (χ3n) is 5.17. The first-order valence-corrected chi connectivity index (χ1v) is 14.2. The molecule has 2 unspecified atom stereocenters. The molecule has 16 heteroatoms. The van der Waals surface area contributed by atoms with Crippen LogP contribution in [0.1, 0.15) is 5.56 Å². The van der Waals surface area contributed by atoms with Gasteiger partial charge in [-0.25, -0.2) is 14.8 Å². The lowest BCUT2D eigenvalue weighted by atomic mass is 10.1. The third-order valence-corrected chi connectivity index (χ3v) is 8.63. The first kappa shape index (κ1) is 27.0. The fraction of sp³-hybridized carbons (Fsp3) is 0.238. The molecule has 0 radical (unpaired) electrons. The molecule has 1 aliphatic rings. The van der Waals surface area contributed by atoms with Crippen LogP contribution >= 0.6 is 15.2 Å². The van der Waals surface area contributed by atoms with Crippen LogP contribution in [0.3, 0.4) is 0 Å². The first-order chi connectivity index (χ1) is 17.4. The minimum Gasteiger partial charge on any atom is -0.505 e. The Bertz CT molecular complexity index is 1490. The van der Waals surface area contributed by atoms with E-state index in [0.717, 1.165) is 20.9 Å². The van der Waals surface area contributed by atoms with Crippen LogP contribution in [0.5, 0.6) is 0 Å². The highest BCUT2D eigenvalue weighted by Crippen LogP contribution is 2.55. The van der Waals surface area contributed by atoms with Crippen LogP contribution in [-0.4, -0.2) is 59.2 Å². The lowest BCUT2D eigenvalue weighted by Gasteiger charge is -2.18. The highest BCUT2D eigenvalue weighted by Gasteiger charge is 2.40. The molecule has 6 N–H and O–H groups in total. The average molecular weight is 555 g/mol. The van der Waals surface area contributed by atoms with Crippen molar-refractivity contribution in [2.75, 3.05) is 18.0 Å². The van der Waals surface area contributed by atoms with E-state index in [2.05, 4.69) is 15.0 Å². The quantitative estimate of drug-likeness (QED) is 0.156. The van der Waals surface area contributed by atoms with Gasteiger partial charge in [0, 0.05) is 6.20 Å². The molecule has 0 saturated carbocycles. The van der Waals surface area contributed by atoms with Crippen molar-refractivity contribution in [2.45, 2.75) is 18.8 Å². The van der Waals surface area contributed by atoms with Crippen molar-refractivity contribution in [2.24, 2.45) is 0 Å². The van der Waals surface area contributed by atoms with Crippen molar-refractivity contribution in [3.63, 3.8) is 0 Å². The number of nitrogens with one attached hydrogen (secondary N) is 1. The summed E-state index contributed by atoms with van der Waals surface area (Å²) >= 11 is 0. The normalized spacial score (nSPS) is 19.6. The Labute approximate surface area is 209 Å². The molecule has 0 spiro atoms. The van der Waals surface area contributed by atoms with Gasteiger partial charge in [-0.2, -0.15) is 4.98 Å². The number of rotatable bonds is 10. The summed E-state index contributed by atoms with van der Waals surface area (Å²) in [6.07, 6.45) is -2.01. The van der Waals surface area contributed by atoms with Gasteiger partial charge in [-0.3, -0.25) is 14.0 Å². The Kier molecular flexibility index (Phi) is 7.83. The number of aromatic nitrogens is 2. The Balaban J connectivity index is 1.36. The zero-order valence-electron chi connectivity index (χ0n) is 18.9. The van der Waals surface area contributed by atoms with Crippen molar-refractivity contribution in [3.05, 3.63) is 76.5 Å². The summed E-state index contributed by atoms with van der Waals surface area (Å²) in [5.41, 5.74) is 2.51. The van der Waals surface area contributed by atoms with Crippen LogP contribution in [0.2, 0.25) is 0 Å². The predicted molar refractivity (Wildman–Crippen MR) is 130 cm³/mol. The standard InChI is InChI=1S/C21H23N3O11P2/c25-18-16(11-34-37(31,32)12-36(28,29)30)35-20(19(18)26)24-8-7-17(22-21(24)27)23-33-10-13-5-6-14-3-1-2-4-15(14)9-13/h1-9,16,18,25-26H,10-12H2,(H,31,32)(H,22,23,27)(H2,28,29,30)/t16-,18?/m1/s1. The molecule has 4 rings (SSSR count). The van der Waals surface area contributed by atoms with Crippen LogP contribution in [0, 0.1) is 0 Å². The number of fused-ring (bicyclic) bond motifs is 1. The molecule has 2 aromatic carbocycles. The van der Waals surface area contributed by atoms with Gasteiger partial charge in [-0.1, -0.05) is 36.4 Å². The largest absolute Gasteiger partial charge is 0.505 e. The minimum absolute atomic E-state index is 0.0548. The molecule has 37 heavy (non-hydrogen) atoms. The summed E-state index contributed by atoms with van der Waals surface area (Å²) in [6.45, 7) is -0.637. The number of aliphatic hydroxyl groups is 2. The van der Waals surface area contributed by atoms with E-state index >= 15 is 0 Å². The average Bonchev–Trinajstić information content (AvgIpc) is 3.10. The smallest absolute Gasteiger partial charge is 0.356 e. The fourth-order valence-corrected chi connectivity index (χ4v) is 6.05. The Morgan fingerprint density at radius 1 is 1.08 bits per heavy atom. The third kappa shape index (κ3) is 6.83. The van der Waals surface area contributed by atoms with Gasteiger partial charge in [0.05, 0.1) is 13.2 Å². The molecule has 0 saturated heterocycles. The first-order valence-electron chi connectivity index (χ1n) is 10.7. The molecule has 0 fully saturated rings. The lowest BCUT2D eigenvalue weighted by molar-refractivity contribution is 0.0181. The molecule has 0 bridgehead atoms. The number of nitrogens with zero attached hydrogens (tertiary/aromatic N) is 2. The number of hydrogen-bond donors (Lipinski definition) is 6. The van der Waals surface area contributed by atoms with Gasteiger partial charge in [0.25, 0.3) is 0 Å². The van der Waals surface area contributed by atoms with E-state index < -0.39 is 57.2 Å². The highest BCUT2D eigenvalue weighted by atomic mass is 31.2. The molecular weight excluding hydrogens is 532 g/mol. The monoisotopic (exact) mass is 555 g/mol. The number of anilines is 1. The predicted octanol–water partition coefficient (Wildman–Crippen LogP) is 1.72. The second-order valence-electron chi connectivity index (χ2n) is 8.07. The molecule has 1 aliphatic heterocycles. The van der Waals surface area contributed by atoms with Crippen molar-refractivity contribution in [3.8, 4) is 0 Å². The molecular formula is C21H23N3O11P2. The SMILES string of the molecule is O=c1nc(NOCc2ccc3ccccc3c2)ccn1C1=C(O)C(O)[C@@H](COP(=O)(O)CP(=O)(O)O)O1. The van der Waals surface area contributed by atoms with E-state index in [1.165, 1.54) is 12.3 Å². The van der Waals surface area contributed by atoms with Gasteiger partial charge in [-0.15, -0.1) is 0 Å². The van der Waals surface area contributed by atoms with Gasteiger partial charge in [0.2, 0.25) is 5.88 Å². The van der Waals surface area contributed by atoms with Crippen LogP contribution in [-0.2, 0) is 29.8 Å². The fourth-order valence-electron chi connectivity index (χ4n) is 3.48. The van der Waals surface area contributed by atoms with E-state index in [9.17, 15) is 29.0 Å². The molecule has 3 aromatic rings. The van der Waals surface area contributed by atoms with Gasteiger partial charge in [0.1, 0.15) is 0 Å². The molecule has 1 aromatic heterocycles. The van der Waals surface area contributed by atoms with Crippen molar-refractivity contribution in [1.82, 2.24) is 9.55 Å². The highest BCUT2D eigenvalue weighted by molar-refractivity contribution is 7.70. The topological polar surface area (TPSA) is 210 Å². The van der Waals surface area contributed by atoms with Crippen LogP contribution in [0.4, 0.5) is 5.82 Å². The summed E-state index contributed by atoms with van der Waals surface area (Å²) in [5, 5.41) is 22.5. The Morgan fingerprint density at radius 3 is 2.51 bits per heavy atom.